The third-order valence-corrected chi connectivity index (χ3v) is 5.54. The first-order chi connectivity index (χ1) is 13.1. The Morgan fingerprint density at radius 1 is 1.41 bits per heavy atom. The molecule has 1 aromatic rings. The summed E-state index contributed by atoms with van der Waals surface area (Å²) in [5.41, 5.74) is 1.09. The van der Waals surface area contributed by atoms with Crippen LogP contribution in [0.4, 0.5) is 4.39 Å². The Morgan fingerprint density at radius 2 is 2.19 bits per heavy atom. The van der Waals surface area contributed by atoms with E-state index in [4.69, 9.17) is 4.74 Å². The van der Waals surface area contributed by atoms with Crippen LogP contribution in [0.25, 0.3) is 0 Å². The van der Waals surface area contributed by atoms with Crippen molar-refractivity contribution in [3.05, 3.63) is 46.2 Å². The van der Waals surface area contributed by atoms with Gasteiger partial charge in [-0.3, -0.25) is 9.59 Å². The summed E-state index contributed by atoms with van der Waals surface area (Å²) in [6, 6.07) is 7.90. The highest BCUT2D eigenvalue weighted by Gasteiger charge is 2.30. The van der Waals surface area contributed by atoms with Crippen LogP contribution in [-0.4, -0.2) is 36.8 Å². The SMILES string of the molecule is N#CC1=C(SCC(=O)NC[C@H]2CCCO2)NC(=O)C[C@@H]1c1ccc(F)cc1. The number of thioether (sulfide) groups is 1. The Balaban J connectivity index is 1.65. The molecule has 0 radical (unpaired) electrons. The monoisotopic (exact) mass is 389 g/mol. The molecule has 2 atom stereocenters. The molecule has 3 rings (SSSR count). The zero-order valence-electron chi connectivity index (χ0n) is 14.7. The molecule has 2 aliphatic rings. The maximum absolute atomic E-state index is 13.2. The maximum atomic E-state index is 13.2. The molecule has 0 saturated carbocycles. The smallest absolute Gasteiger partial charge is 0.230 e. The van der Waals surface area contributed by atoms with E-state index >= 15 is 0 Å². The molecule has 2 amide bonds. The summed E-state index contributed by atoms with van der Waals surface area (Å²) >= 11 is 1.12. The predicted octanol–water partition coefficient (Wildman–Crippen LogP) is 2.19. The molecule has 1 aromatic carbocycles. The number of nitrogens with one attached hydrogen (secondary N) is 2. The van der Waals surface area contributed by atoms with Crippen molar-refractivity contribution in [3.8, 4) is 6.07 Å². The highest BCUT2D eigenvalue weighted by Crippen LogP contribution is 2.35. The van der Waals surface area contributed by atoms with Gasteiger partial charge in [0, 0.05) is 25.5 Å². The van der Waals surface area contributed by atoms with E-state index < -0.39 is 5.92 Å². The third kappa shape index (κ3) is 5.08. The van der Waals surface area contributed by atoms with Gasteiger partial charge in [-0.05, 0) is 30.5 Å². The first-order valence-electron chi connectivity index (χ1n) is 8.77. The molecule has 6 nitrogen and oxygen atoms in total. The van der Waals surface area contributed by atoms with E-state index in [-0.39, 0.29) is 35.9 Å². The van der Waals surface area contributed by atoms with Crippen molar-refractivity contribution >= 4 is 23.6 Å². The van der Waals surface area contributed by atoms with Crippen LogP contribution >= 0.6 is 11.8 Å². The van der Waals surface area contributed by atoms with Gasteiger partial charge in [-0.2, -0.15) is 5.26 Å². The van der Waals surface area contributed by atoms with Crippen LogP contribution in [-0.2, 0) is 14.3 Å². The number of amides is 2. The number of carbonyl (C=O) groups is 2. The normalized spacial score (nSPS) is 22.3. The zero-order chi connectivity index (χ0) is 19.2. The Labute approximate surface area is 161 Å². The minimum Gasteiger partial charge on any atom is -0.376 e. The topological polar surface area (TPSA) is 91.2 Å². The van der Waals surface area contributed by atoms with Crippen molar-refractivity contribution in [2.45, 2.75) is 31.3 Å². The van der Waals surface area contributed by atoms with Gasteiger partial charge in [-0.1, -0.05) is 23.9 Å². The number of carbonyl (C=O) groups excluding carboxylic acids is 2. The molecule has 2 aliphatic heterocycles. The van der Waals surface area contributed by atoms with Crippen molar-refractivity contribution in [1.29, 1.82) is 5.26 Å². The van der Waals surface area contributed by atoms with Gasteiger partial charge in [0.1, 0.15) is 5.82 Å². The van der Waals surface area contributed by atoms with E-state index in [0.717, 1.165) is 31.2 Å². The number of nitriles is 1. The van der Waals surface area contributed by atoms with E-state index in [2.05, 4.69) is 16.7 Å². The lowest BCUT2D eigenvalue weighted by atomic mass is 9.87. The average Bonchev–Trinajstić information content (AvgIpc) is 3.18. The first kappa shape index (κ1) is 19.4. The fourth-order valence-electron chi connectivity index (χ4n) is 3.13. The predicted molar refractivity (Wildman–Crippen MR) is 99.0 cm³/mol. The average molecular weight is 389 g/mol. The molecular formula is C19H20FN3O3S. The largest absolute Gasteiger partial charge is 0.376 e. The van der Waals surface area contributed by atoms with E-state index in [1.165, 1.54) is 12.1 Å². The van der Waals surface area contributed by atoms with Gasteiger partial charge >= 0.3 is 0 Å². The minimum atomic E-state index is -0.443. The number of hydrogen-bond donors (Lipinski definition) is 2. The number of rotatable bonds is 6. The molecule has 1 saturated heterocycles. The molecule has 142 valence electrons. The molecule has 2 N–H and O–H groups in total. The van der Waals surface area contributed by atoms with Crippen molar-refractivity contribution < 1.29 is 18.7 Å². The van der Waals surface area contributed by atoms with Gasteiger partial charge < -0.3 is 15.4 Å². The van der Waals surface area contributed by atoms with Gasteiger partial charge in [0.15, 0.2) is 0 Å². The van der Waals surface area contributed by atoms with Crippen molar-refractivity contribution in [3.63, 3.8) is 0 Å². The van der Waals surface area contributed by atoms with Crippen LogP contribution in [0.5, 0.6) is 0 Å². The second kappa shape index (κ2) is 9.02. The van der Waals surface area contributed by atoms with E-state index in [1.807, 2.05) is 0 Å². The van der Waals surface area contributed by atoms with Crippen molar-refractivity contribution in [2.24, 2.45) is 0 Å². The molecule has 1 fully saturated rings. The zero-order valence-corrected chi connectivity index (χ0v) is 15.5. The summed E-state index contributed by atoms with van der Waals surface area (Å²) in [6.45, 7) is 1.19. The molecule has 0 bridgehead atoms. The summed E-state index contributed by atoms with van der Waals surface area (Å²) in [7, 11) is 0. The minimum absolute atomic E-state index is 0.0603. The first-order valence-corrected chi connectivity index (χ1v) is 9.76. The number of nitrogens with zero attached hydrogens (tertiary/aromatic N) is 1. The molecule has 2 heterocycles. The number of benzene rings is 1. The fraction of sp³-hybridized carbons (Fsp3) is 0.421. The van der Waals surface area contributed by atoms with Gasteiger partial charge in [0.05, 0.1) is 28.5 Å². The highest BCUT2D eigenvalue weighted by atomic mass is 32.2. The van der Waals surface area contributed by atoms with E-state index in [9.17, 15) is 19.2 Å². The summed E-state index contributed by atoms with van der Waals surface area (Å²) in [4.78, 5) is 24.1. The quantitative estimate of drug-likeness (QED) is 0.778. The Kier molecular flexibility index (Phi) is 6.48. The Morgan fingerprint density at radius 3 is 2.85 bits per heavy atom. The molecule has 27 heavy (non-hydrogen) atoms. The van der Waals surface area contributed by atoms with Crippen LogP contribution in [0.2, 0.25) is 0 Å². The van der Waals surface area contributed by atoms with Crippen LogP contribution in [0.3, 0.4) is 0 Å². The Bertz CT molecular complexity index is 782. The van der Waals surface area contributed by atoms with E-state index in [0.29, 0.717) is 22.7 Å². The number of halogens is 1. The van der Waals surface area contributed by atoms with Gasteiger partial charge in [0.2, 0.25) is 11.8 Å². The number of allylic oxidation sites excluding steroid dienone is 1. The van der Waals surface area contributed by atoms with Gasteiger partial charge in [0.25, 0.3) is 0 Å². The molecule has 0 aliphatic carbocycles. The Hall–Kier alpha value is -2.37. The second-order valence-corrected chi connectivity index (χ2v) is 7.42. The molecule has 0 aromatic heterocycles. The van der Waals surface area contributed by atoms with Crippen LogP contribution in [0, 0.1) is 17.1 Å². The van der Waals surface area contributed by atoms with Crippen molar-refractivity contribution in [2.75, 3.05) is 18.9 Å². The number of ether oxygens (including phenoxy) is 1. The van der Waals surface area contributed by atoms with Crippen LogP contribution < -0.4 is 10.6 Å². The lowest BCUT2D eigenvalue weighted by molar-refractivity contribution is -0.121. The molecule has 8 heteroatoms. The fourth-order valence-corrected chi connectivity index (χ4v) is 4.04. The van der Waals surface area contributed by atoms with Gasteiger partial charge in [-0.15, -0.1) is 0 Å². The lowest BCUT2D eigenvalue weighted by Crippen LogP contribution is -2.34. The van der Waals surface area contributed by atoms with Gasteiger partial charge in [-0.25, -0.2) is 4.39 Å². The second-order valence-electron chi connectivity index (χ2n) is 6.44. The maximum Gasteiger partial charge on any atom is 0.230 e. The number of hydrogen-bond acceptors (Lipinski definition) is 5. The van der Waals surface area contributed by atoms with Crippen molar-refractivity contribution in [1.82, 2.24) is 10.6 Å². The highest BCUT2D eigenvalue weighted by molar-refractivity contribution is 8.03. The summed E-state index contributed by atoms with van der Waals surface area (Å²) < 4.78 is 18.6. The molecule has 0 unspecified atom stereocenters. The lowest BCUT2D eigenvalue weighted by Gasteiger charge is -2.25. The summed E-state index contributed by atoms with van der Waals surface area (Å²) in [5, 5.41) is 15.5. The third-order valence-electron chi connectivity index (χ3n) is 4.53. The van der Waals surface area contributed by atoms with Crippen LogP contribution in [0.15, 0.2) is 34.9 Å². The van der Waals surface area contributed by atoms with E-state index in [1.54, 1.807) is 12.1 Å². The standard InChI is InChI=1S/C19H20FN3O3S/c20-13-5-3-12(4-6-13)15-8-17(24)23-19(16(15)9-21)27-11-18(25)22-10-14-2-1-7-26-14/h3-6,14-15H,1-2,7-8,10-11H2,(H,22,25)(H,23,24)/t14-,15-/m1/s1. The summed E-state index contributed by atoms with van der Waals surface area (Å²) in [6.07, 6.45) is 2.12. The summed E-state index contributed by atoms with van der Waals surface area (Å²) in [5.74, 6) is -1.14. The molecular weight excluding hydrogens is 369 g/mol. The molecule has 0 spiro atoms. The van der Waals surface area contributed by atoms with Crippen LogP contribution in [0.1, 0.15) is 30.7 Å².